The smallest absolute Gasteiger partial charge is 0.0852 e. The molecule has 2 aromatic rings. The molecule has 0 N–H and O–H groups in total. The maximum Gasteiger partial charge on any atom is 0.0852 e. The fourth-order valence-corrected chi connectivity index (χ4v) is 1.99. The van der Waals surface area contributed by atoms with E-state index in [-0.39, 0.29) is 0 Å². The third-order valence-corrected chi connectivity index (χ3v) is 3.73. The first-order valence-electron chi connectivity index (χ1n) is 9.23. The molecule has 3 heteroatoms. The van der Waals surface area contributed by atoms with Gasteiger partial charge in [0.05, 0.1) is 5.69 Å². The lowest BCUT2D eigenvalue weighted by atomic mass is 10.0. The van der Waals surface area contributed by atoms with Crippen LogP contribution < -0.4 is 0 Å². The minimum atomic E-state index is 0.412. The normalized spacial score (nSPS) is 10.7. The van der Waals surface area contributed by atoms with Crippen LogP contribution in [0.3, 0.4) is 0 Å². The molecule has 136 valence electrons. The second-order valence-electron chi connectivity index (χ2n) is 7.57. The summed E-state index contributed by atoms with van der Waals surface area (Å²) >= 11 is 0. The van der Waals surface area contributed by atoms with Crippen LogP contribution in [0.25, 0.3) is 0 Å². The standard InChI is InChI=1S/C14H18.C8H15N3/c1-11(2)5-6-13-7-9-14(10-8-13)12(3)4;1-6(2)8-5-11(7(3)4)10-9-8/h7-12H,1-4H3;5-7H,1-4H3. The Bertz CT molecular complexity index is 658. The van der Waals surface area contributed by atoms with Crippen LogP contribution >= 0.6 is 0 Å². The number of hydrogen-bond acceptors (Lipinski definition) is 2. The number of aromatic nitrogens is 3. The van der Waals surface area contributed by atoms with Gasteiger partial charge in [-0.3, -0.25) is 0 Å². The average Bonchev–Trinajstić information content (AvgIpc) is 3.04. The number of benzene rings is 1. The summed E-state index contributed by atoms with van der Waals surface area (Å²) in [4.78, 5) is 0. The molecule has 0 spiro atoms. The monoisotopic (exact) mass is 339 g/mol. The average molecular weight is 340 g/mol. The Labute approximate surface area is 153 Å². The highest BCUT2D eigenvalue weighted by atomic mass is 15.4. The molecule has 0 bridgehead atoms. The van der Waals surface area contributed by atoms with E-state index < -0.39 is 0 Å². The molecule has 0 aliphatic carbocycles. The highest BCUT2D eigenvalue weighted by molar-refractivity contribution is 5.37. The van der Waals surface area contributed by atoms with Crippen LogP contribution in [-0.2, 0) is 0 Å². The summed E-state index contributed by atoms with van der Waals surface area (Å²) in [5.74, 6) is 7.84. The zero-order valence-corrected chi connectivity index (χ0v) is 17.0. The van der Waals surface area contributed by atoms with Crippen LogP contribution in [0.2, 0.25) is 0 Å². The topological polar surface area (TPSA) is 30.7 Å². The third kappa shape index (κ3) is 7.56. The molecule has 2 rings (SSSR count). The fourth-order valence-electron chi connectivity index (χ4n) is 1.99. The second kappa shape index (κ2) is 10.0. The van der Waals surface area contributed by atoms with Gasteiger partial charge in [0.2, 0.25) is 0 Å². The lowest BCUT2D eigenvalue weighted by Crippen LogP contribution is -2.00. The third-order valence-electron chi connectivity index (χ3n) is 3.73. The molecule has 1 heterocycles. The zero-order valence-electron chi connectivity index (χ0n) is 17.0. The quantitative estimate of drug-likeness (QED) is 0.662. The predicted octanol–water partition coefficient (Wildman–Crippen LogP) is 5.80. The Morgan fingerprint density at radius 1 is 0.840 bits per heavy atom. The first-order valence-corrected chi connectivity index (χ1v) is 9.23. The molecule has 0 radical (unpaired) electrons. The molecule has 0 atom stereocenters. The SMILES string of the molecule is CC(C)C#Cc1ccc(C(C)C)cc1.CC(C)c1cn(C(C)C)nn1. The van der Waals surface area contributed by atoms with Gasteiger partial charge in [-0.1, -0.05) is 70.7 Å². The zero-order chi connectivity index (χ0) is 19.0. The van der Waals surface area contributed by atoms with E-state index in [1.165, 1.54) is 5.56 Å². The van der Waals surface area contributed by atoms with E-state index >= 15 is 0 Å². The van der Waals surface area contributed by atoms with E-state index in [9.17, 15) is 0 Å². The number of rotatable bonds is 3. The molecule has 0 saturated heterocycles. The van der Waals surface area contributed by atoms with Gasteiger partial charge in [0.25, 0.3) is 0 Å². The van der Waals surface area contributed by atoms with E-state index in [0.29, 0.717) is 23.8 Å². The molecule has 0 aliphatic rings. The summed E-state index contributed by atoms with van der Waals surface area (Å²) in [7, 11) is 0. The highest BCUT2D eigenvalue weighted by Crippen LogP contribution is 2.14. The molecule has 1 aromatic carbocycles. The van der Waals surface area contributed by atoms with Gasteiger partial charge in [-0.15, -0.1) is 5.10 Å². The van der Waals surface area contributed by atoms with Crippen molar-refractivity contribution in [3.63, 3.8) is 0 Å². The van der Waals surface area contributed by atoms with Crippen molar-refractivity contribution in [2.24, 2.45) is 5.92 Å². The first kappa shape index (κ1) is 21.0. The summed E-state index contributed by atoms with van der Waals surface area (Å²) in [6.07, 6.45) is 2.01. The fraction of sp³-hybridized carbons (Fsp3) is 0.545. The van der Waals surface area contributed by atoms with Crippen LogP contribution in [-0.4, -0.2) is 15.0 Å². The van der Waals surface area contributed by atoms with Crippen molar-refractivity contribution in [1.29, 1.82) is 0 Å². The van der Waals surface area contributed by atoms with Crippen LogP contribution in [0.5, 0.6) is 0 Å². The van der Waals surface area contributed by atoms with Gasteiger partial charge < -0.3 is 0 Å². The number of hydrogen-bond donors (Lipinski definition) is 0. The van der Waals surface area contributed by atoms with Crippen molar-refractivity contribution in [2.45, 2.75) is 73.3 Å². The maximum absolute atomic E-state index is 4.05. The van der Waals surface area contributed by atoms with Gasteiger partial charge in [-0.25, -0.2) is 4.68 Å². The summed E-state index contributed by atoms with van der Waals surface area (Å²) in [5, 5.41) is 8.05. The molecule has 0 amide bonds. The molecule has 0 unspecified atom stereocenters. The van der Waals surface area contributed by atoms with Crippen molar-refractivity contribution in [2.75, 3.05) is 0 Å². The van der Waals surface area contributed by atoms with Gasteiger partial charge in [0, 0.05) is 23.7 Å². The second-order valence-corrected chi connectivity index (χ2v) is 7.57. The van der Waals surface area contributed by atoms with Crippen LogP contribution in [0.15, 0.2) is 30.5 Å². The predicted molar refractivity (Wildman–Crippen MR) is 107 cm³/mol. The minimum Gasteiger partial charge on any atom is -0.250 e. The van der Waals surface area contributed by atoms with E-state index in [1.54, 1.807) is 0 Å². The largest absolute Gasteiger partial charge is 0.250 e. The van der Waals surface area contributed by atoms with Crippen molar-refractivity contribution in [3.8, 4) is 11.8 Å². The van der Waals surface area contributed by atoms with Gasteiger partial charge in [0.15, 0.2) is 0 Å². The maximum atomic E-state index is 4.05. The molecular weight excluding hydrogens is 306 g/mol. The summed E-state index contributed by atoms with van der Waals surface area (Å²) in [6.45, 7) is 17.1. The first-order chi connectivity index (χ1) is 11.7. The Morgan fingerprint density at radius 2 is 1.44 bits per heavy atom. The summed E-state index contributed by atoms with van der Waals surface area (Å²) in [5.41, 5.74) is 3.56. The van der Waals surface area contributed by atoms with Gasteiger partial charge in [-0.05, 0) is 43.4 Å². The van der Waals surface area contributed by atoms with Crippen LogP contribution in [0, 0.1) is 17.8 Å². The Hall–Kier alpha value is -2.08. The van der Waals surface area contributed by atoms with Crippen molar-refractivity contribution >= 4 is 0 Å². The van der Waals surface area contributed by atoms with E-state index in [1.807, 2.05) is 10.9 Å². The molecular formula is C22H33N3. The van der Waals surface area contributed by atoms with Gasteiger partial charge >= 0.3 is 0 Å². The minimum absolute atomic E-state index is 0.412. The van der Waals surface area contributed by atoms with Gasteiger partial charge in [-0.2, -0.15) is 0 Å². The number of nitrogens with zero attached hydrogens (tertiary/aromatic N) is 3. The Morgan fingerprint density at radius 3 is 1.80 bits per heavy atom. The summed E-state index contributed by atoms with van der Waals surface area (Å²) < 4.78 is 1.88. The van der Waals surface area contributed by atoms with Crippen molar-refractivity contribution in [1.82, 2.24) is 15.0 Å². The molecule has 0 saturated carbocycles. The van der Waals surface area contributed by atoms with Crippen LogP contribution in [0.4, 0.5) is 0 Å². The Balaban J connectivity index is 0.000000257. The van der Waals surface area contributed by atoms with Gasteiger partial charge in [0.1, 0.15) is 0 Å². The molecule has 0 fully saturated rings. The Kier molecular flexibility index (Phi) is 8.41. The van der Waals surface area contributed by atoms with E-state index in [2.05, 4.69) is 102 Å². The summed E-state index contributed by atoms with van der Waals surface area (Å²) in [6, 6.07) is 8.94. The highest BCUT2D eigenvalue weighted by Gasteiger charge is 2.05. The van der Waals surface area contributed by atoms with E-state index in [4.69, 9.17) is 0 Å². The lowest BCUT2D eigenvalue weighted by molar-refractivity contribution is 0.514. The van der Waals surface area contributed by atoms with Crippen molar-refractivity contribution < 1.29 is 0 Å². The van der Waals surface area contributed by atoms with E-state index in [0.717, 1.165) is 11.3 Å². The molecule has 1 aromatic heterocycles. The molecule has 0 aliphatic heterocycles. The molecule has 3 nitrogen and oxygen atoms in total. The van der Waals surface area contributed by atoms with Crippen LogP contribution in [0.1, 0.15) is 90.1 Å². The lowest BCUT2D eigenvalue weighted by Gasteiger charge is -2.03. The molecule has 25 heavy (non-hydrogen) atoms. The van der Waals surface area contributed by atoms with Crippen molar-refractivity contribution in [3.05, 3.63) is 47.3 Å².